The first-order chi connectivity index (χ1) is 14.9. The van der Waals surface area contributed by atoms with Crippen molar-refractivity contribution in [2.24, 2.45) is 0 Å². The van der Waals surface area contributed by atoms with E-state index in [1.807, 2.05) is 0 Å². The van der Waals surface area contributed by atoms with Crippen LogP contribution in [0.25, 0.3) is 6.08 Å². The van der Waals surface area contributed by atoms with E-state index >= 15 is 0 Å². The van der Waals surface area contributed by atoms with Gasteiger partial charge in [0, 0.05) is 25.0 Å². The van der Waals surface area contributed by atoms with Gasteiger partial charge in [-0.15, -0.1) is 0 Å². The number of fused-ring (bicyclic) bond motifs is 1. The first-order valence-corrected chi connectivity index (χ1v) is 9.29. The van der Waals surface area contributed by atoms with Crippen molar-refractivity contribution in [1.82, 2.24) is 14.5 Å². The lowest BCUT2D eigenvalue weighted by molar-refractivity contribution is -0.137. The molecule has 0 spiro atoms. The van der Waals surface area contributed by atoms with Crippen LogP contribution in [0.5, 0.6) is 11.6 Å². The van der Waals surface area contributed by atoms with Gasteiger partial charge in [-0.05, 0) is 35.4 Å². The first kappa shape index (κ1) is 20.5. The fraction of sp³-hybridized carbons (Fsp3) is 0.190. The maximum Gasteiger partial charge on any atom is 0.416 e. The van der Waals surface area contributed by atoms with Gasteiger partial charge >= 0.3 is 6.18 Å². The summed E-state index contributed by atoms with van der Waals surface area (Å²) in [6.07, 6.45) is 3.02. The minimum absolute atomic E-state index is 0.186. The number of hydrogen-bond donors (Lipinski definition) is 1. The highest BCUT2D eigenvalue weighted by atomic mass is 19.4. The van der Waals surface area contributed by atoms with Crippen molar-refractivity contribution in [2.75, 3.05) is 18.5 Å². The van der Waals surface area contributed by atoms with Gasteiger partial charge in [-0.2, -0.15) is 13.2 Å². The number of hydrogen-bond acceptors (Lipinski definition) is 5. The average molecular weight is 430 g/mol. The molecule has 1 aliphatic rings. The van der Waals surface area contributed by atoms with Crippen molar-refractivity contribution in [3.63, 3.8) is 0 Å². The first-order valence-electron chi connectivity index (χ1n) is 9.29. The highest BCUT2D eigenvalue weighted by Gasteiger charge is 2.30. The normalized spacial score (nSPS) is 13.4. The number of benzene rings is 1. The molecule has 0 saturated carbocycles. The molecule has 1 amide bonds. The number of anilines is 1. The number of carbonyl (C=O) groups is 1. The van der Waals surface area contributed by atoms with Gasteiger partial charge in [-0.1, -0.05) is 12.1 Å². The molecule has 0 bridgehead atoms. The molecule has 10 heteroatoms. The average Bonchev–Trinajstić information content (AvgIpc) is 3.18. The number of rotatable bonds is 5. The maximum absolute atomic E-state index is 12.8. The summed E-state index contributed by atoms with van der Waals surface area (Å²) in [5.74, 6) is 0.794. The third-order valence-electron chi connectivity index (χ3n) is 4.35. The van der Waals surface area contributed by atoms with Crippen LogP contribution in [0, 0.1) is 0 Å². The van der Waals surface area contributed by atoms with Crippen molar-refractivity contribution in [3.8, 4) is 11.6 Å². The van der Waals surface area contributed by atoms with Gasteiger partial charge in [-0.3, -0.25) is 4.79 Å². The fourth-order valence-corrected chi connectivity index (χ4v) is 2.95. The largest absolute Gasteiger partial charge is 0.484 e. The summed E-state index contributed by atoms with van der Waals surface area (Å²) >= 11 is 0. The van der Waals surface area contributed by atoms with Crippen LogP contribution in [-0.4, -0.2) is 33.7 Å². The Morgan fingerprint density at radius 3 is 2.87 bits per heavy atom. The summed E-state index contributed by atoms with van der Waals surface area (Å²) in [6.45, 7) is 1.06. The second-order valence-electron chi connectivity index (χ2n) is 6.72. The highest BCUT2D eigenvalue weighted by molar-refractivity contribution is 6.01. The Kier molecular flexibility index (Phi) is 5.61. The lowest BCUT2D eigenvalue weighted by Crippen LogP contribution is -2.16. The molecule has 0 unspecified atom stereocenters. The molecule has 31 heavy (non-hydrogen) atoms. The number of amides is 1. The van der Waals surface area contributed by atoms with E-state index in [-0.39, 0.29) is 12.4 Å². The van der Waals surface area contributed by atoms with Gasteiger partial charge in [0.15, 0.2) is 11.6 Å². The maximum atomic E-state index is 12.8. The number of alkyl halides is 3. The lowest BCUT2D eigenvalue weighted by atomic mass is 10.1. The summed E-state index contributed by atoms with van der Waals surface area (Å²) in [5.41, 5.74) is 0.419. The van der Waals surface area contributed by atoms with Crippen LogP contribution in [0.2, 0.25) is 0 Å². The molecule has 0 aliphatic carbocycles. The molecule has 0 atom stereocenters. The predicted octanol–water partition coefficient (Wildman–Crippen LogP) is 3.77. The van der Waals surface area contributed by atoms with Gasteiger partial charge in [0.1, 0.15) is 13.2 Å². The Balaban J connectivity index is 1.36. The van der Waals surface area contributed by atoms with Gasteiger partial charge in [0.05, 0.1) is 11.9 Å². The minimum atomic E-state index is -4.40. The summed E-state index contributed by atoms with van der Waals surface area (Å²) in [4.78, 5) is 20.3. The van der Waals surface area contributed by atoms with E-state index in [0.717, 1.165) is 12.1 Å². The monoisotopic (exact) mass is 430 g/mol. The van der Waals surface area contributed by atoms with Crippen LogP contribution in [0.4, 0.5) is 19.0 Å². The SMILES string of the molecule is O=C(/C=C/c1cnc2c(c1)OCCO2)Nc1cn(Cc2cccc(C(F)(F)F)c2)cn1. The molecule has 3 heterocycles. The second kappa shape index (κ2) is 8.50. The summed E-state index contributed by atoms with van der Waals surface area (Å²) in [6, 6.07) is 6.77. The van der Waals surface area contributed by atoms with E-state index in [1.165, 1.54) is 24.7 Å². The summed E-state index contributed by atoms with van der Waals surface area (Å²) < 4.78 is 50.9. The van der Waals surface area contributed by atoms with Crippen molar-refractivity contribution in [1.29, 1.82) is 0 Å². The molecular weight excluding hydrogens is 413 g/mol. The van der Waals surface area contributed by atoms with Crippen LogP contribution in [-0.2, 0) is 17.5 Å². The zero-order valence-electron chi connectivity index (χ0n) is 16.1. The Bertz CT molecular complexity index is 1130. The minimum Gasteiger partial charge on any atom is -0.484 e. The van der Waals surface area contributed by atoms with E-state index in [2.05, 4.69) is 15.3 Å². The number of nitrogens with one attached hydrogen (secondary N) is 1. The molecule has 1 N–H and O–H groups in total. The van der Waals surface area contributed by atoms with Crippen molar-refractivity contribution in [2.45, 2.75) is 12.7 Å². The predicted molar refractivity (Wildman–Crippen MR) is 106 cm³/mol. The number of nitrogens with zero attached hydrogens (tertiary/aromatic N) is 3. The highest BCUT2D eigenvalue weighted by Crippen LogP contribution is 2.30. The Morgan fingerprint density at radius 2 is 2.03 bits per heavy atom. The van der Waals surface area contributed by atoms with Crippen LogP contribution in [0.15, 0.2) is 55.1 Å². The molecule has 1 aromatic carbocycles. The molecule has 2 aromatic heterocycles. The van der Waals surface area contributed by atoms with Gasteiger partial charge in [0.2, 0.25) is 5.91 Å². The molecule has 7 nitrogen and oxygen atoms in total. The Morgan fingerprint density at radius 1 is 1.19 bits per heavy atom. The van der Waals surface area contributed by atoms with Crippen molar-refractivity contribution >= 4 is 17.8 Å². The molecular formula is C21H17F3N4O3. The molecule has 3 aromatic rings. The van der Waals surface area contributed by atoms with Crippen LogP contribution in [0.3, 0.4) is 0 Å². The van der Waals surface area contributed by atoms with Gasteiger partial charge in [-0.25, -0.2) is 9.97 Å². The van der Waals surface area contributed by atoms with E-state index in [1.54, 1.807) is 29.0 Å². The zero-order chi connectivity index (χ0) is 21.8. The third-order valence-corrected chi connectivity index (χ3v) is 4.35. The lowest BCUT2D eigenvalue weighted by Gasteiger charge is -2.16. The molecule has 0 saturated heterocycles. The van der Waals surface area contributed by atoms with Crippen molar-refractivity contribution in [3.05, 3.63) is 71.8 Å². The third kappa shape index (κ3) is 5.21. The standard InChI is InChI=1S/C21H17F3N4O3/c22-21(23,24)16-3-1-2-15(8-16)11-28-12-18(26-13-28)27-19(29)5-4-14-9-17-20(25-10-14)31-7-6-30-17/h1-5,8-10,12-13H,6-7,11H2,(H,27,29)/b5-4+. The molecule has 0 fully saturated rings. The Labute approximate surface area is 175 Å². The van der Waals surface area contributed by atoms with E-state index in [9.17, 15) is 18.0 Å². The van der Waals surface area contributed by atoms with E-state index < -0.39 is 17.6 Å². The number of ether oxygens (including phenoxy) is 2. The van der Waals surface area contributed by atoms with Crippen molar-refractivity contribution < 1.29 is 27.4 Å². The molecule has 4 rings (SSSR count). The van der Waals surface area contributed by atoms with E-state index in [4.69, 9.17) is 9.47 Å². The van der Waals surface area contributed by atoms with Gasteiger partial charge < -0.3 is 19.4 Å². The topological polar surface area (TPSA) is 78.3 Å². The zero-order valence-corrected chi connectivity index (χ0v) is 16.1. The van der Waals surface area contributed by atoms with Crippen LogP contribution in [0.1, 0.15) is 16.7 Å². The second-order valence-corrected chi connectivity index (χ2v) is 6.72. The number of halogens is 3. The number of imidazole rings is 1. The van der Waals surface area contributed by atoms with Crippen LogP contribution >= 0.6 is 0 Å². The summed E-state index contributed by atoms with van der Waals surface area (Å²) in [5, 5.41) is 2.60. The Hall–Kier alpha value is -3.82. The smallest absolute Gasteiger partial charge is 0.416 e. The van der Waals surface area contributed by atoms with E-state index in [0.29, 0.717) is 36.0 Å². The van der Waals surface area contributed by atoms with Crippen LogP contribution < -0.4 is 14.8 Å². The molecule has 0 radical (unpaired) electrons. The molecule has 1 aliphatic heterocycles. The number of carbonyl (C=O) groups excluding carboxylic acids is 1. The number of aromatic nitrogens is 3. The molecule has 160 valence electrons. The number of pyridine rings is 1. The summed E-state index contributed by atoms with van der Waals surface area (Å²) in [7, 11) is 0. The van der Waals surface area contributed by atoms with Gasteiger partial charge in [0.25, 0.3) is 5.88 Å². The fourth-order valence-electron chi connectivity index (χ4n) is 2.95. The quantitative estimate of drug-likeness (QED) is 0.624.